The number of hydrogen-bond donors (Lipinski definition) is 0. The van der Waals surface area contributed by atoms with Crippen molar-refractivity contribution in [3.63, 3.8) is 0 Å². The maximum atomic E-state index is 11.2. The smallest absolute Gasteiger partial charge is 0.150 e. The minimum absolute atomic E-state index is 0.659. The van der Waals surface area contributed by atoms with Crippen LogP contribution in [0.1, 0.15) is 16.7 Å². The van der Waals surface area contributed by atoms with Gasteiger partial charge < -0.3 is 4.74 Å². The Labute approximate surface area is 113 Å². The molecule has 2 aromatic carbocycles. The van der Waals surface area contributed by atoms with E-state index in [-0.39, 0.29) is 0 Å². The van der Waals surface area contributed by atoms with Gasteiger partial charge in [0.1, 0.15) is 5.75 Å². The molecule has 2 heteroatoms. The third-order valence-corrected chi connectivity index (χ3v) is 2.95. The first-order valence-electron chi connectivity index (χ1n) is 6.11. The molecule has 0 aromatic heterocycles. The zero-order valence-electron chi connectivity index (χ0n) is 11.1. The fraction of sp³-hybridized carbons (Fsp3) is 0.118. The van der Waals surface area contributed by atoms with Crippen LogP contribution in [0.4, 0.5) is 0 Å². The second kappa shape index (κ2) is 6.01. The Morgan fingerprint density at radius 3 is 2.16 bits per heavy atom. The summed E-state index contributed by atoms with van der Waals surface area (Å²) in [6.07, 6.45) is 2.76. The molecule has 0 unspecified atom stereocenters. The quantitative estimate of drug-likeness (QED) is 0.470. The van der Waals surface area contributed by atoms with Crippen molar-refractivity contribution in [3.8, 4) is 5.75 Å². The molecule has 0 saturated heterocycles. The molecule has 0 aliphatic carbocycles. The van der Waals surface area contributed by atoms with E-state index in [2.05, 4.69) is 0 Å². The minimum Gasteiger partial charge on any atom is -0.497 e. The first kappa shape index (κ1) is 13.1. The first-order chi connectivity index (χ1) is 9.22. The summed E-state index contributed by atoms with van der Waals surface area (Å²) in [6.45, 7) is 2.04. The molecule has 2 nitrogen and oxygen atoms in total. The molecule has 0 bridgehead atoms. The van der Waals surface area contributed by atoms with Crippen LogP contribution in [0, 0.1) is 6.92 Å². The van der Waals surface area contributed by atoms with E-state index in [1.807, 2.05) is 61.5 Å². The number of allylic oxidation sites excluding steroid dienone is 1. The number of hydrogen-bond acceptors (Lipinski definition) is 2. The van der Waals surface area contributed by atoms with Gasteiger partial charge >= 0.3 is 0 Å². The SMILES string of the molecule is COc1ccc(/C(C=O)=C\c2ccc(C)cc2)cc1. The Morgan fingerprint density at radius 1 is 1.00 bits per heavy atom. The summed E-state index contributed by atoms with van der Waals surface area (Å²) in [5, 5.41) is 0. The van der Waals surface area contributed by atoms with Gasteiger partial charge in [0.25, 0.3) is 0 Å². The van der Waals surface area contributed by atoms with E-state index in [1.165, 1.54) is 5.56 Å². The van der Waals surface area contributed by atoms with Crippen molar-refractivity contribution in [1.29, 1.82) is 0 Å². The van der Waals surface area contributed by atoms with Gasteiger partial charge in [0.05, 0.1) is 7.11 Å². The lowest BCUT2D eigenvalue weighted by molar-refractivity contribution is -0.103. The Morgan fingerprint density at radius 2 is 1.63 bits per heavy atom. The van der Waals surface area contributed by atoms with Crippen LogP contribution in [0.2, 0.25) is 0 Å². The van der Waals surface area contributed by atoms with Crippen molar-refractivity contribution < 1.29 is 9.53 Å². The molecular formula is C17H16O2. The number of methoxy groups -OCH3 is 1. The van der Waals surface area contributed by atoms with E-state index in [0.717, 1.165) is 23.2 Å². The average molecular weight is 252 g/mol. The Kier molecular flexibility index (Phi) is 4.14. The molecule has 0 fully saturated rings. The summed E-state index contributed by atoms with van der Waals surface area (Å²) in [7, 11) is 1.62. The molecule has 19 heavy (non-hydrogen) atoms. The summed E-state index contributed by atoms with van der Waals surface area (Å²) >= 11 is 0. The van der Waals surface area contributed by atoms with Crippen LogP contribution in [-0.2, 0) is 4.79 Å². The van der Waals surface area contributed by atoms with Crippen molar-refractivity contribution in [2.45, 2.75) is 6.92 Å². The normalized spacial score (nSPS) is 11.2. The molecule has 0 spiro atoms. The molecule has 0 aliphatic heterocycles. The number of aryl methyl sites for hydroxylation is 1. The highest BCUT2D eigenvalue weighted by Crippen LogP contribution is 2.19. The van der Waals surface area contributed by atoms with Gasteiger partial charge in [0.15, 0.2) is 6.29 Å². The van der Waals surface area contributed by atoms with Crippen molar-refractivity contribution in [2.24, 2.45) is 0 Å². The highest BCUT2D eigenvalue weighted by atomic mass is 16.5. The second-order valence-corrected chi connectivity index (χ2v) is 4.36. The lowest BCUT2D eigenvalue weighted by Crippen LogP contribution is -1.88. The molecule has 0 atom stereocenters. The van der Waals surface area contributed by atoms with E-state index >= 15 is 0 Å². The number of carbonyl (C=O) groups is 1. The van der Waals surface area contributed by atoms with Crippen molar-refractivity contribution in [2.75, 3.05) is 7.11 Å². The van der Waals surface area contributed by atoms with Crippen molar-refractivity contribution in [3.05, 3.63) is 65.2 Å². The third kappa shape index (κ3) is 3.32. The van der Waals surface area contributed by atoms with Crippen molar-refractivity contribution in [1.82, 2.24) is 0 Å². The monoisotopic (exact) mass is 252 g/mol. The van der Waals surface area contributed by atoms with E-state index < -0.39 is 0 Å². The molecule has 2 rings (SSSR count). The van der Waals surface area contributed by atoms with Crippen LogP contribution in [0.5, 0.6) is 5.75 Å². The van der Waals surface area contributed by atoms with Gasteiger partial charge in [0, 0.05) is 5.57 Å². The van der Waals surface area contributed by atoms with Gasteiger partial charge in [-0.15, -0.1) is 0 Å². The summed E-state index contributed by atoms with van der Waals surface area (Å²) in [4.78, 5) is 11.2. The fourth-order valence-electron chi connectivity index (χ4n) is 1.81. The standard InChI is InChI=1S/C17H16O2/c1-13-3-5-14(6-4-13)11-16(12-18)15-7-9-17(19-2)10-8-15/h3-12H,1-2H3/b16-11-. The van der Waals surface area contributed by atoms with Crippen LogP contribution in [0.3, 0.4) is 0 Å². The zero-order chi connectivity index (χ0) is 13.7. The van der Waals surface area contributed by atoms with E-state index in [9.17, 15) is 4.79 Å². The van der Waals surface area contributed by atoms with Crippen molar-refractivity contribution >= 4 is 17.9 Å². The summed E-state index contributed by atoms with van der Waals surface area (Å²) in [6, 6.07) is 15.5. The number of aldehydes is 1. The van der Waals surface area contributed by atoms with Crippen LogP contribution in [0.15, 0.2) is 48.5 Å². The number of ether oxygens (including phenoxy) is 1. The molecule has 0 radical (unpaired) electrons. The van der Waals surface area contributed by atoms with E-state index in [0.29, 0.717) is 5.57 Å². The highest BCUT2D eigenvalue weighted by molar-refractivity contribution is 6.13. The Hall–Kier alpha value is -2.35. The van der Waals surface area contributed by atoms with Gasteiger partial charge in [-0.25, -0.2) is 0 Å². The third-order valence-electron chi connectivity index (χ3n) is 2.95. The van der Waals surface area contributed by atoms with Gasteiger partial charge in [-0.05, 0) is 36.3 Å². The minimum atomic E-state index is 0.659. The molecule has 96 valence electrons. The molecule has 0 N–H and O–H groups in total. The van der Waals surface area contributed by atoms with Gasteiger partial charge in [-0.3, -0.25) is 4.79 Å². The van der Waals surface area contributed by atoms with Crippen LogP contribution in [-0.4, -0.2) is 13.4 Å². The Bertz CT molecular complexity index is 578. The maximum Gasteiger partial charge on any atom is 0.150 e. The zero-order valence-corrected chi connectivity index (χ0v) is 11.1. The molecular weight excluding hydrogens is 236 g/mol. The lowest BCUT2D eigenvalue weighted by atomic mass is 10.0. The first-order valence-corrected chi connectivity index (χ1v) is 6.11. The lowest BCUT2D eigenvalue weighted by Gasteiger charge is -2.03. The molecule has 2 aromatic rings. The largest absolute Gasteiger partial charge is 0.497 e. The summed E-state index contributed by atoms with van der Waals surface area (Å²) in [5.41, 5.74) is 3.76. The second-order valence-electron chi connectivity index (χ2n) is 4.36. The summed E-state index contributed by atoms with van der Waals surface area (Å²) in [5.74, 6) is 0.782. The Balaban J connectivity index is 2.32. The average Bonchev–Trinajstić information content (AvgIpc) is 2.47. The number of carbonyl (C=O) groups excluding carboxylic acids is 1. The van der Waals surface area contributed by atoms with Gasteiger partial charge in [-0.1, -0.05) is 42.0 Å². The number of benzene rings is 2. The maximum absolute atomic E-state index is 11.2. The number of rotatable bonds is 4. The molecule has 0 amide bonds. The van der Waals surface area contributed by atoms with Crippen LogP contribution < -0.4 is 4.74 Å². The summed E-state index contributed by atoms with van der Waals surface area (Å²) < 4.78 is 5.11. The predicted molar refractivity (Wildman–Crippen MR) is 78.1 cm³/mol. The molecule has 0 aliphatic rings. The molecule has 0 saturated carbocycles. The van der Waals surface area contributed by atoms with Crippen LogP contribution >= 0.6 is 0 Å². The van der Waals surface area contributed by atoms with Crippen LogP contribution in [0.25, 0.3) is 11.6 Å². The topological polar surface area (TPSA) is 26.3 Å². The highest BCUT2D eigenvalue weighted by Gasteiger charge is 2.01. The van der Waals surface area contributed by atoms with E-state index in [1.54, 1.807) is 7.11 Å². The molecule has 0 heterocycles. The van der Waals surface area contributed by atoms with Gasteiger partial charge in [-0.2, -0.15) is 0 Å². The fourth-order valence-corrected chi connectivity index (χ4v) is 1.81. The van der Waals surface area contributed by atoms with Gasteiger partial charge in [0.2, 0.25) is 0 Å². The van der Waals surface area contributed by atoms with E-state index in [4.69, 9.17) is 4.74 Å². The predicted octanol–water partition coefficient (Wildman–Crippen LogP) is 3.74.